The van der Waals surface area contributed by atoms with Gasteiger partial charge in [-0.1, -0.05) is 23.7 Å². The number of ketones is 1. The summed E-state index contributed by atoms with van der Waals surface area (Å²) in [6, 6.07) is 10.3. The van der Waals surface area contributed by atoms with E-state index in [1.165, 1.54) is 30.8 Å². The molecule has 0 bridgehead atoms. The highest BCUT2D eigenvalue weighted by Crippen LogP contribution is 2.23. The molecular weight excluding hydrogens is 381 g/mol. The molecule has 2 aromatic rings. The lowest BCUT2D eigenvalue weighted by Crippen LogP contribution is -2.21. The Morgan fingerprint density at radius 2 is 1.92 bits per heavy atom. The summed E-state index contributed by atoms with van der Waals surface area (Å²) < 4.78 is 18.6. The first-order valence-corrected chi connectivity index (χ1v) is 8.86. The Kier molecular flexibility index (Phi) is 7.17. The summed E-state index contributed by atoms with van der Waals surface area (Å²) in [7, 11) is 0. The fourth-order valence-corrected chi connectivity index (χ4v) is 2.94. The maximum atomic E-state index is 13.6. The van der Waals surface area contributed by atoms with Crippen LogP contribution in [-0.2, 0) is 14.3 Å². The Bertz CT molecular complexity index is 844. The van der Waals surface area contributed by atoms with Crippen LogP contribution in [0.1, 0.15) is 17.3 Å². The molecule has 26 heavy (non-hydrogen) atoms. The highest BCUT2D eigenvalue weighted by molar-refractivity contribution is 8.00. The molecule has 1 N–H and O–H groups in total. The number of carbonyl (C=O) groups is 3. The summed E-state index contributed by atoms with van der Waals surface area (Å²) >= 11 is 6.96. The van der Waals surface area contributed by atoms with Crippen molar-refractivity contribution in [2.24, 2.45) is 0 Å². The molecule has 0 aliphatic heterocycles. The van der Waals surface area contributed by atoms with Crippen molar-refractivity contribution < 1.29 is 23.5 Å². The number of rotatable bonds is 7. The minimum atomic E-state index is -0.710. The molecule has 136 valence electrons. The third-order valence-electron chi connectivity index (χ3n) is 3.07. The van der Waals surface area contributed by atoms with E-state index >= 15 is 0 Å². The second kappa shape index (κ2) is 9.35. The topological polar surface area (TPSA) is 72.5 Å². The second-order valence-corrected chi connectivity index (χ2v) is 6.69. The molecule has 2 rings (SSSR count). The van der Waals surface area contributed by atoms with Crippen molar-refractivity contribution in [1.29, 1.82) is 0 Å². The highest BCUT2D eigenvalue weighted by Gasteiger charge is 2.16. The van der Waals surface area contributed by atoms with E-state index in [4.69, 9.17) is 16.3 Å². The number of halogens is 2. The van der Waals surface area contributed by atoms with Crippen molar-refractivity contribution in [2.45, 2.75) is 11.8 Å². The molecule has 0 atom stereocenters. The number of amides is 1. The molecule has 1 amide bonds. The minimum Gasteiger partial charge on any atom is -0.452 e. The van der Waals surface area contributed by atoms with Gasteiger partial charge in [-0.15, -0.1) is 11.8 Å². The maximum absolute atomic E-state index is 13.6. The molecule has 0 aliphatic carbocycles. The first-order valence-electron chi connectivity index (χ1n) is 7.50. The number of ether oxygens (including phenoxy) is 1. The van der Waals surface area contributed by atoms with Gasteiger partial charge in [0.15, 0.2) is 6.61 Å². The van der Waals surface area contributed by atoms with Crippen LogP contribution in [0, 0.1) is 5.82 Å². The third-order valence-corrected chi connectivity index (χ3v) is 4.53. The van der Waals surface area contributed by atoms with Crippen molar-refractivity contribution in [2.75, 3.05) is 17.7 Å². The van der Waals surface area contributed by atoms with Gasteiger partial charge in [0.2, 0.25) is 0 Å². The van der Waals surface area contributed by atoms with E-state index in [0.717, 1.165) is 6.07 Å². The van der Waals surface area contributed by atoms with Crippen LogP contribution in [0.4, 0.5) is 10.1 Å². The van der Waals surface area contributed by atoms with E-state index < -0.39 is 24.3 Å². The molecule has 0 saturated carbocycles. The van der Waals surface area contributed by atoms with Gasteiger partial charge < -0.3 is 10.1 Å². The lowest BCUT2D eigenvalue weighted by Gasteiger charge is -2.10. The van der Waals surface area contributed by atoms with Crippen molar-refractivity contribution in [1.82, 2.24) is 0 Å². The van der Waals surface area contributed by atoms with Gasteiger partial charge in [-0.25, -0.2) is 9.18 Å². The van der Waals surface area contributed by atoms with Crippen LogP contribution >= 0.6 is 23.4 Å². The highest BCUT2D eigenvalue weighted by atomic mass is 35.5. The standard InChI is InChI=1S/C18H15ClFNO4S/c1-11(22)10-26-16-5-3-2-4-13(16)18(24)25-9-17(23)21-15-8-12(19)6-7-14(15)20/h2-8H,9-10H2,1H3,(H,21,23). The molecule has 8 heteroatoms. The summed E-state index contributed by atoms with van der Waals surface area (Å²) in [4.78, 5) is 35.7. The monoisotopic (exact) mass is 395 g/mol. The SMILES string of the molecule is CC(=O)CSc1ccccc1C(=O)OCC(=O)Nc1cc(Cl)ccc1F. The van der Waals surface area contributed by atoms with Gasteiger partial charge in [0.1, 0.15) is 11.6 Å². The fourth-order valence-electron chi connectivity index (χ4n) is 1.93. The Morgan fingerprint density at radius 3 is 2.65 bits per heavy atom. The van der Waals surface area contributed by atoms with Crippen LogP contribution in [0.25, 0.3) is 0 Å². The van der Waals surface area contributed by atoms with Crippen molar-refractivity contribution in [3.63, 3.8) is 0 Å². The zero-order chi connectivity index (χ0) is 19.1. The molecule has 0 aromatic heterocycles. The number of esters is 1. The van der Waals surface area contributed by atoms with Gasteiger partial charge in [0, 0.05) is 9.92 Å². The fraction of sp³-hybridized carbons (Fsp3) is 0.167. The first-order chi connectivity index (χ1) is 12.4. The Morgan fingerprint density at radius 1 is 1.19 bits per heavy atom. The summed E-state index contributed by atoms with van der Waals surface area (Å²) in [6.45, 7) is 0.865. The van der Waals surface area contributed by atoms with Gasteiger partial charge in [-0.3, -0.25) is 9.59 Å². The van der Waals surface area contributed by atoms with E-state index in [0.29, 0.717) is 4.90 Å². The second-order valence-electron chi connectivity index (χ2n) is 5.24. The molecular formula is C18H15ClFNO4S. The number of carbonyl (C=O) groups excluding carboxylic acids is 3. The molecule has 0 unspecified atom stereocenters. The number of anilines is 1. The molecule has 0 heterocycles. The van der Waals surface area contributed by atoms with E-state index in [2.05, 4.69) is 5.32 Å². The summed E-state index contributed by atoms with van der Waals surface area (Å²) in [5.74, 6) is -1.87. The average molecular weight is 396 g/mol. The van der Waals surface area contributed by atoms with Gasteiger partial charge in [-0.05, 0) is 37.3 Å². The van der Waals surface area contributed by atoms with Crippen LogP contribution in [0.2, 0.25) is 5.02 Å². The van der Waals surface area contributed by atoms with Crippen molar-refractivity contribution in [3.05, 3.63) is 58.9 Å². The lowest BCUT2D eigenvalue weighted by molar-refractivity contribution is -0.119. The summed E-state index contributed by atoms with van der Waals surface area (Å²) in [5, 5.41) is 2.55. The van der Waals surface area contributed by atoms with Crippen molar-refractivity contribution in [3.8, 4) is 0 Å². The zero-order valence-corrected chi connectivity index (χ0v) is 15.3. The van der Waals surface area contributed by atoms with Crippen LogP contribution in [0.3, 0.4) is 0 Å². The normalized spacial score (nSPS) is 10.3. The Balaban J connectivity index is 1.97. The number of benzene rings is 2. The van der Waals surface area contributed by atoms with E-state index in [1.54, 1.807) is 24.3 Å². The van der Waals surface area contributed by atoms with E-state index in [-0.39, 0.29) is 27.8 Å². The number of nitrogens with one attached hydrogen (secondary N) is 1. The van der Waals surface area contributed by atoms with E-state index in [9.17, 15) is 18.8 Å². The summed E-state index contributed by atoms with van der Waals surface area (Å²) in [5.41, 5.74) is 0.149. The van der Waals surface area contributed by atoms with Crippen LogP contribution < -0.4 is 5.32 Å². The van der Waals surface area contributed by atoms with Crippen LogP contribution in [0.15, 0.2) is 47.4 Å². The smallest absolute Gasteiger partial charge is 0.339 e. The molecule has 0 radical (unpaired) electrons. The Labute approximate surface area is 158 Å². The number of thioether (sulfide) groups is 1. The average Bonchev–Trinajstić information content (AvgIpc) is 2.61. The maximum Gasteiger partial charge on any atom is 0.339 e. The molecule has 0 aliphatic rings. The molecule has 0 spiro atoms. The molecule has 2 aromatic carbocycles. The number of Topliss-reactive ketones (excluding diaryl/α,β-unsaturated/α-hetero) is 1. The predicted molar refractivity (Wildman–Crippen MR) is 98.2 cm³/mol. The molecule has 0 fully saturated rings. The van der Waals surface area contributed by atoms with Gasteiger partial charge in [0.05, 0.1) is 17.0 Å². The predicted octanol–water partition coefficient (Wildman–Crippen LogP) is 3.96. The van der Waals surface area contributed by atoms with E-state index in [1.807, 2.05) is 0 Å². The largest absolute Gasteiger partial charge is 0.452 e. The molecule has 5 nitrogen and oxygen atoms in total. The minimum absolute atomic E-state index is 0.0268. The van der Waals surface area contributed by atoms with Crippen molar-refractivity contribution >= 4 is 46.7 Å². The van der Waals surface area contributed by atoms with Gasteiger partial charge in [-0.2, -0.15) is 0 Å². The zero-order valence-electron chi connectivity index (χ0n) is 13.8. The third kappa shape index (κ3) is 5.86. The lowest BCUT2D eigenvalue weighted by atomic mass is 10.2. The van der Waals surface area contributed by atoms with Crippen LogP contribution in [0.5, 0.6) is 0 Å². The number of hydrogen-bond acceptors (Lipinski definition) is 5. The summed E-state index contributed by atoms with van der Waals surface area (Å²) in [6.07, 6.45) is 0. The number of hydrogen-bond donors (Lipinski definition) is 1. The van der Waals surface area contributed by atoms with Gasteiger partial charge in [0.25, 0.3) is 5.91 Å². The Hall–Kier alpha value is -2.38. The van der Waals surface area contributed by atoms with Crippen LogP contribution in [-0.4, -0.2) is 30.0 Å². The quantitative estimate of drug-likeness (QED) is 0.567. The van der Waals surface area contributed by atoms with Gasteiger partial charge >= 0.3 is 5.97 Å². The first kappa shape index (κ1) is 19.9. The molecule has 0 saturated heterocycles.